The van der Waals surface area contributed by atoms with Gasteiger partial charge in [-0.15, -0.1) is 0 Å². The second-order valence-electron chi connectivity index (χ2n) is 5.24. The molecule has 0 radical (unpaired) electrons. The normalized spacial score (nSPS) is 15.2. The van der Waals surface area contributed by atoms with Gasteiger partial charge in [0.1, 0.15) is 10.7 Å². The van der Waals surface area contributed by atoms with Gasteiger partial charge in [-0.25, -0.2) is 12.8 Å². The highest BCUT2D eigenvalue weighted by Crippen LogP contribution is 2.24. The van der Waals surface area contributed by atoms with Crippen LogP contribution >= 0.6 is 0 Å². The number of amides is 1. The quantitative estimate of drug-likeness (QED) is 0.779. The number of likely N-dealkylation sites (N-methyl/N-ethyl adjacent to an activating group) is 1. The number of sulfonamides is 1. The lowest BCUT2D eigenvalue weighted by Crippen LogP contribution is -2.39. The van der Waals surface area contributed by atoms with Crippen molar-refractivity contribution in [3.63, 3.8) is 0 Å². The minimum atomic E-state index is -4.10. The first-order valence-corrected chi connectivity index (χ1v) is 7.97. The van der Waals surface area contributed by atoms with Crippen molar-refractivity contribution in [3.8, 4) is 0 Å². The number of nitrogens with zero attached hydrogens (tertiary/aromatic N) is 1. The molecular weight excluding hydrogens is 297 g/mol. The van der Waals surface area contributed by atoms with Crippen molar-refractivity contribution in [1.29, 1.82) is 0 Å². The molecule has 0 saturated heterocycles. The summed E-state index contributed by atoms with van der Waals surface area (Å²) in [7, 11) is -2.87. The van der Waals surface area contributed by atoms with Crippen LogP contribution in [-0.2, 0) is 14.8 Å². The van der Waals surface area contributed by atoms with E-state index in [0.717, 1.165) is 29.3 Å². The number of nitrogen functional groups attached to an aromatic ring is 1. The van der Waals surface area contributed by atoms with Crippen LogP contribution in [0.3, 0.4) is 0 Å². The van der Waals surface area contributed by atoms with Crippen molar-refractivity contribution >= 4 is 21.6 Å². The first-order valence-electron chi connectivity index (χ1n) is 6.53. The summed E-state index contributed by atoms with van der Waals surface area (Å²) in [4.78, 5) is 11.1. The van der Waals surface area contributed by atoms with Gasteiger partial charge in [0.05, 0.1) is 6.54 Å². The van der Waals surface area contributed by atoms with Crippen LogP contribution in [0.15, 0.2) is 17.0 Å². The minimum absolute atomic E-state index is 0.139. The summed E-state index contributed by atoms with van der Waals surface area (Å²) in [6.07, 6.45) is 1.82. The Morgan fingerprint density at radius 1 is 1.48 bits per heavy atom. The van der Waals surface area contributed by atoms with E-state index < -0.39 is 26.6 Å². The molecule has 1 aliphatic carbocycles. The van der Waals surface area contributed by atoms with Gasteiger partial charge in [0.2, 0.25) is 15.9 Å². The van der Waals surface area contributed by atoms with E-state index in [2.05, 4.69) is 5.32 Å². The summed E-state index contributed by atoms with van der Waals surface area (Å²) >= 11 is 0. The van der Waals surface area contributed by atoms with Gasteiger partial charge in [0.25, 0.3) is 0 Å². The Balaban J connectivity index is 2.20. The van der Waals surface area contributed by atoms with Gasteiger partial charge in [-0.05, 0) is 37.5 Å². The Morgan fingerprint density at radius 3 is 2.67 bits per heavy atom. The second kappa shape index (κ2) is 5.61. The summed E-state index contributed by atoms with van der Waals surface area (Å²) in [6, 6.07) is 2.29. The molecule has 6 nitrogen and oxygen atoms in total. The molecule has 0 heterocycles. The third kappa shape index (κ3) is 3.51. The Hall–Kier alpha value is -1.67. The zero-order valence-electron chi connectivity index (χ0n) is 11.9. The molecule has 1 aliphatic rings. The molecule has 2 rings (SSSR count). The molecule has 1 fully saturated rings. The topological polar surface area (TPSA) is 92.5 Å². The average Bonchev–Trinajstić information content (AvgIpc) is 3.17. The largest absolute Gasteiger partial charge is 0.398 e. The van der Waals surface area contributed by atoms with Crippen LogP contribution in [0.1, 0.15) is 18.4 Å². The standard InChI is InChI=1S/C13H18FN3O3S/c1-8-5-10(14)12(6-11(8)15)21(19,20)17(2)7-13(18)16-9-3-4-9/h5-6,9H,3-4,7,15H2,1-2H3,(H,16,18). The van der Waals surface area contributed by atoms with Gasteiger partial charge >= 0.3 is 0 Å². The van der Waals surface area contributed by atoms with Crippen molar-refractivity contribution in [2.24, 2.45) is 0 Å². The maximum absolute atomic E-state index is 13.9. The van der Waals surface area contributed by atoms with Crippen LogP contribution in [0.25, 0.3) is 0 Å². The predicted octanol–water partition coefficient (Wildman–Crippen LogP) is 0.615. The van der Waals surface area contributed by atoms with Crippen molar-refractivity contribution in [2.75, 3.05) is 19.3 Å². The highest BCUT2D eigenvalue weighted by atomic mass is 32.2. The zero-order chi connectivity index (χ0) is 15.8. The minimum Gasteiger partial charge on any atom is -0.398 e. The highest BCUT2D eigenvalue weighted by molar-refractivity contribution is 7.89. The van der Waals surface area contributed by atoms with E-state index in [0.29, 0.717) is 5.56 Å². The first-order chi connectivity index (χ1) is 9.71. The van der Waals surface area contributed by atoms with E-state index in [-0.39, 0.29) is 18.3 Å². The molecule has 0 atom stereocenters. The maximum Gasteiger partial charge on any atom is 0.246 e. The number of hydrogen-bond acceptors (Lipinski definition) is 4. The summed E-state index contributed by atoms with van der Waals surface area (Å²) in [5, 5.41) is 2.68. The maximum atomic E-state index is 13.9. The Labute approximate surface area is 123 Å². The van der Waals surface area contributed by atoms with Crippen LogP contribution in [0.4, 0.5) is 10.1 Å². The van der Waals surface area contributed by atoms with Crippen LogP contribution in [0, 0.1) is 12.7 Å². The summed E-state index contributed by atoms with van der Waals surface area (Å²) in [5.74, 6) is -1.28. The first kappa shape index (κ1) is 15.7. The summed E-state index contributed by atoms with van der Waals surface area (Å²) in [6.45, 7) is 1.23. The molecule has 3 N–H and O–H groups in total. The molecule has 21 heavy (non-hydrogen) atoms. The molecule has 0 aromatic heterocycles. The number of carbonyl (C=O) groups excluding carboxylic acids is 1. The number of nitrogens with two attached hydrogens (primary N) is 1. The van der Waals surface area contributed by atoms with Crippen LogP contribution in [0.5, 0.6) is 0 Å². The lowest BCUT2D eigenvalue weighted by atomic mass is 10.2. The number of aryl methyl sites for hydroxylation is 1. The molecule has 0 bridgehead atoms. The molecule has 0 aliphatic heterocycles. The number of rotatable bonds is 5. The average molecular weight is 315 g/mol. The lowest BCUT2D eigenvalue weighted by Gasteiger charge is -2.18. The van der Waals surface area contributed by atoms with Crippen LogP contribution < -0.4 is 11.1 Å². The van der Waals surface area contributed by atoms with E-state index in [1.807, 2.05) is 0 Å². The predicted molar refractivity (Wildman–Crippen MR) is 76.5 cm³/mol. The summed E-state index contributed by atoms with van der Waals surface area (Å²) < 4.78 is 39.3. The van der Waals surface area contributed by atoms with Gasteiger partial charge in [0.15, 0.2) is 0 Å². The number of nitrogens with one attached hydrogen (secondary N) is 1. The fourth-order valence-corrected chi connectivity index (χ4v) is 3.03. The monoisotopic (exact) mass is 315 g/mol. The van der Waals surface area contributed by atoms with Crippen molar-refractivity contribution in [3.05, 3.63) is 23.5 Å². The van der Waals surface area contributed by atoms with E-state index in [4.69, 9.17) is 5.73 Å². The van der Waals surface area contributed by atoms with Gasteiger partial charge in [-0.3, -0.25) is 4.79 Å². The van der Waals surface area contributed by atoms with Gasteiger partial charge < -0.3 is 11.1 Å². The van der Waals surface area contributed by atoms with E-state index in [1.165, 1.54) is 7.05 Å². The molecule has 116 valence electrons. The highest BCUT2D eigenvalue weighted by Gasteiger charge is 2.29. The van der Waals surface area contributed by atoms with Crippen molar-refractivity contribution in [2.45, 2.75) is 30.7 Å². The van der Waals surface area contributed by atoms with Crippen LogP contribution in [0.2, 0.25) is 0 Å². The summed E-state index contributed by atoms with van der Waals surface area (Å²) in [5.41, 5.74) is 6.28. The molecule has 1 aromatic carbocycles. The second-order valence-corrected chi connectivity index (χ2v) is 7.26. The van der Waals surface area contributed by atoms with E-state index in [1.54, 1.807) is 6.92 Å². The van der Waals surface area contributed by atoms with Gasteiger partial charge in [-0.1, -0.05) is 0 Å². The van der Waals surface area contributed by atoms with E-state index >= 15 is 0 Å². The van der Waals surface area contributed by atoms with Gasteiger partial charge in [-0.2, -0.15) is 4.31 Å². The lowest BCUT2D eigenvalue weighted by molar-refractivity contribution is -0.121. The Bertz CT molecular complexity index is 671. The Kier molecular flexibility index (Phi) is 4.20. The molecule has 0 unspecified atom stereocenters. The number of hydrogen-bond donors (Lipinski definition) is 2. The molecule has 1 saturated carbocycles. The van der Waals surface area contributed by atoms with Crippen molar-refractivity contribution in [1.82, 2.24) is 9.62 Å². The molecule has 8 heteroatoms. The zero-order valence-corrected chi connectivity index (χ0v) is 12.7. The number of anilines is 1. The van der Waals surface area contributed by atoms with Crippen LogP contribution in [-0.4, -0.2) is 38.3 Å². The fourth-order valence-electron chi connectivity index (χ4n) is 1.82. The fraction of sp³-hybridized carbons (Fsp3) is 0.462. The SMILES string of the molecule is Cc1cc(F)c(S(=O)(=O)N(C)CC(=O)NC2CC2)cc1N. The smallest absolute Gasteiger partial charge is 0.246 e. The number of halogens is 1. The number of benzene rings is 1. The van der Waals surface area contributed by atoms with Crippen molar-refractivity contribution < 1.29 is 17.6 Å². The Morgan fingerprint density at radius 2 is 2.10 bits per heavy atom. The third-order valence-electron chi connectivity index (χ3n) is 3.32. The molecule has 0 spiro atoms. The molecule has 1 aromatic rings. The molecular formula is C13H18FN3O3S. The van der Waals surface area contributed by atoms with Gasteiger partial charge in [0, 0.05) is 18.8 Å². The van der Waals surface area contributed by atoms with E-state index in [9.17, 15) is 17.6 Å². The third-order valence-corrected chi connectivity index (χ3v) is 5.14. The molecule has 1 amide bonds. The number of carbonyl (C=O) groups is 1.